The Kier molecular flexibility index (Phi) is 6.72. The quantitative estimate of drug-likeness (QED) is 0.623. The van der Waals surface area contributed by atoms with E-state index in [-0.39, 0.29) is 30.1 Å². The van der Waals surface area contributed by atoms with Crippen molar-refractivity contribution >= 4 is 55.3 Å². The molecule has 0 fully saturated rings. The Balaban J connectivity index is 1.83. The van der Waals surface area contributed by atoms with E-state index in [4.69, 9.17) is 0 Å². The van der Waals surface area contributed by atoms with Crippen LogP contribution in [0, 0.1) is 0 Å². The van der Waals surface area contributed by atoms with Crippen molar-refractivity contribution in [3.05, 3.63) is 57.0 Å². The maximum atomic E-state index is 12.0. The van der Waals surface area contributed by atoms with Crippen LogP contribution in [0.3, 0.4) is 0 Å². The number of benzene rings is 2. The number of rotatable bonds is 5. The van der Waals surface area contributed by atoms with Crippen molar-refractivity contribution in [2.75, 3.05) is 5.32 Å². The first-order valence-corrected chi connectivity index (χ1v) is 8.82. The molecular formula is C17H14Br2N2O4. The smallest absolute Gasteiger partial charge is 0.261 e. The number of aromatic hydroxyl groups is 1. The highest BCUT2D eigenvalue weighted by molar-refractivity contribution is 9.10. The summed E-state index contributed by atoms with van der Waals surface area (Å²) in [4.78, 5) is 35.6. The van der Waals surface area contributed by atoms with E-state index in [2.05, 4.69) is 42.5 Å². The molecule has 8 heteroatoms. The Morgan fingerprint density at radius 3 is 2.16 bits per heavy atom. The van der Waals surface area contributed by atoms with Crippen molar-refractivity contribution in [1.29, 1.82) is 0 Å². The van der Waals surface area contributed by atoms with Gasteiger partial charge in [0.15, 0.2) is 0 Å². The number of carbonyl (C=O) groups is 3. The van der Waals surface area contributed by atoms with Gasteiger partial charge in [0.05, 0.1) is 5.56 Å². The second kappa shape index (κ2) is 8.77. The number of nitrogens with one attached hydrogen (secondary N) is 2. The van der Waals surface area contributed by atoms with Crippen LogP contribution in [0.25, 0.3) is 0 Å². The number of hydrogen-bond acceptors (Lipinski definition) is 4. The fourth-order valence-electron chi connectivity index (χ4n) is 1.93. The summed E-state index contributed by atoms with van der Waals surface area (Å²) in [6, 6.07) is 11.3. The standard InChI is InChI=1S/C17H14Br2N2O4/c18-10-1-4-12(5-2-10)20-15(23)7-8-16(24)21-17(25)13-9-11(19)3-6-14(13)22/h1-6,9,22H,7-8H2,(H,20,23)(H,21,24,25). The van der Waals surface area contributed by atoms with Crippen molar-refractivity contribution in [2.45, 2.75) is 12.8 Å². The van der Waals surface area contributed by atoms with Crippen molar-refractivity contribution in [3.63, 3.8) is 0 Å². The third-order valence-electron chi connectivity index (χ3n) is 3.16. The molecule has 3 amide bonds. The molecule has 3 N–H and O–H groups in total. The van der Waals surface area contributed by atoms with Gasteiger partial charge in [-0.05, 0) is 42.5 Å². The van der Waals surface area contributed by atoms with Gasteiger partial charge < -0.3 is 10.4 Å². The van der Waals surface area contributed by atoms with Gasteiger partial charge in [0.25, 0.3) is 5.91 Å². The highest BCUT2D eigenvalue weighted by Crippen LogP contribution is 2.21. The number of anilines is 1. The van der Waals surface area contributed by atoms with Gasteiger partial charge in [-0.25, -0.2) is 0 Å². The summed E-state index contributed by atoms with van der Waals surface area (Å²) >= 11 is 6.48. The van der Waals surface area contributed by atoms with Crippen molar-refractivity contribution < 1.29 is 19.5 Å². The van der Waals surface area contributed by atoms with Gasteiger partial charge in [0.2, 0.25) is 11.8 Å². The summed E-state index contributed by atoms with van der Waals surface area (Å²) in [7, 11) is 0. The third kappa shape index (κ3) is 5.99. The monoisotopic (exact) mass is 468 g/mol. The van der Waals surface area contributed by atoms with Gasteiger partial charge in [-0.1, -0.05) is 31.9 Å². The minimum absolute atomic E-state index is 0.0259. The molecule has 0 saturated heterocycles. The molecule has 0 aliphatic heterocycles. The first-order valence-electron chi connectivity index (χ1n) is 7.23. The normalized spacial score (nSPS) is 10.2. The van der Waals surface area contributed by atoms with E-state index in [1.165, 1.54) is 12.1 Å². The summed E-state index contributed by atoms with van der Waals surface area (Å²) in [5.41, 5.74) is 0.589. The molecule has 0 saturated carbocycles. The van der Waals surface area contributed by atoms with Gasteiger partial charge in [-0.2, -0.15) is 0 Å². The zero-order valence-corrected chi connectivity index (χ0v) is 16.1. The molecule has 0 radical (unpaired) electrons. The summed E-state index contributed by atoms with van der Waals surface area (Å²) in [6.45, 7) is 0. The molecule has 0 atom stereocenters. The number of carbonyl (C=O) groups excluding carboxylic acids is 3. The molecule has 0 spiro atoms. The average Bonchev–Trinajstić information content (AvgIpc) is 2.57. The Morgan fingerprint density at radius 2 is 1.48 bits per heavy atom. The largest absolute Gasteiger partial charge is 0.507 e. The highest BCUT2D eigenvalue weighted by Gasteiger charge is 2.15. The molecule has 2 aromatic rings. The van der Waals surface area contributed by atoms with Crippen molar-refractivity contribution in [3.8, 4) is 5.75 Å². The van der Waals surface area contributed by atoms with Crippen LogP contribution in [0.2, 0.25) is 0 Å². The van der Waals surface area contributed by atoms with E-state index in [1.54, 1.807) is 30.3 Å². The minimum Gasteiger partial charge on any atom is -0.507 e. The van der Waals surface area contributed by atoms with Crippen LogP contribution in [0.5, 0.6) is 5.75 Å². The number of amides is 3. The molecule has 0 unspecified atom stereocenters. The van der Waals surface area contributed by atoms with E-state index < -0.39 is 11.8 Å². The Labute approximate surface area is 160 Å². The van der Waals surface area contributed by atoms with Gasteiger partial charge in [0.1, 0.15) is 5.75 Å². The topological polar surface area (TPSA) is 95.5 Å². The van der Waals surface area contributed by atoms with E-state index in [9.17, 15) is 19.5 Å². The van der Waals surface area contributed by atoms with Crippen LogP contribution >= 0.6 is 31.9 Å². The molecular weight excluding hydrogens is 456 g/mol. The van der Waals surface area contributed by atoms with Gasteiger partial charge in [0, 0.05) is 27.5 Å². The predicted octanol–water partition coefficient (Wildman–Crippen LogP) is 3.59. The Hall–Kier alpha value is -2.19. The lowest BCUT2D eigenvalue weighted by Gasteiger charge is -2.07. The molecule has 0 heterocycles. The van der Waals surface area contributed by atoms with Gasteiger partial charge >= 0.3 is 0 Å². The molecule has 6 nitrogen and oxygen atoms in total. The second-order valence-electron chi connectivity index (χ2n) is 5.09. The van der Waals surface area contributed by atoms with Gasteiger partial charge in [-0.3, -0.25) is 19.7 Å². The fourth-order valence-corrected chi connectivity index (χ4v) is 2.56. The summed E-state index contributed by atoms with van der Waals surface area (Å²) in [6.07, 6.45) is -0.220. The number of imide groups is 1. The summed E-state index contributed by atoms with van der Waals surface area (Å²) in [5, 5.41) is 14.5. The van der Waals surface area contributed by atoms with Crippen LogP contribution in [0.4, 0.5) is 5.69 Å². The van der Waals surface area contributed by atoms with E-state index in [0.29, 0.717) is 10.2 Å². The summed E-state index contributed by atoms with van der Waals surface area (Å²) < 4.78 is 1.48. The van der Waals surface area contributed by atoms with Crippen LogP contribution < -0.4 is 10.6 Å². The zero-order valence-electron chi connectivity index (χ0n) is 12.9. The maximum absolute atomic E-state index is 12.0. The lowest BCUT2D eigenvalue weighted by molar-refractivity contribution is -0.123. The van der Waals surface area contributed by atoms with Crippen molar-refractivity contribution in [2.24, 2.45) is 0 Å². The van der Waals surface area contributed by atoms with Crippen LogP contribution in [-0.4, -0.2) is 22.8 Å². The predicted molar refractivity (Wildman–Crippen MR) is 100 cm³/mol. The lowest BCUT2D eigenvalue weighted by atomic mass is 10.2. The SMILES string of the molecule is O=C(CCC(=O)Nc1ccc(Br)cc1)NC(=O)c1cc(Br)ccc1O. The van der Waals surface area contributed by atoms with E-state index in [0.717, 1.165) is 4.47 Å². The number of hydrogen-bond donors (Lipinski definition) is 3. The molecule has 2 aromatic carbocycles. The average molecular weight is 470 g/mol. The fraction of sp³-hybridized carbons (Fsp3) is 0.118. The van der Waals surface area contributed by atoms with Crippen LogP contribution in [-0.2, 0) is 9.59 Å². The first-order chi connectivity index (χ1) is 11.8. The van der Waals surface area contributed by atoms with Gasteiger partial charge in [-0.15, -0.1) is 0 Å². The zero-order chi connectivity index (χ0) is 18.4. The summed E-state index contributed by atoms with van der Waals surface area (Å²) in [5.74, 6) is -1.90. The van der Waals surface area contributed by atoms with Crippen LogP contribution in [0.15, 0.2) is 51.4 Å². The first kappa shape index (κ1) is 19.1. The molecule has 25 heavy (non-hydrogen) atoms. The van der Waals surface area contributed by atoms with E-state index in [1.807, 2.05) is 0 Å². The van der Waals surface area contributed by atoms with E-state index >= 15 is 0 Å². The third-order valence-corrected chi connectivity index (χ3v) is 4.19. The molecule has 0 aromatic heterocycles. The molecule has 2 rings (SSSR count). The Bertz CT molecular complexity index is 807. The second-order valence-corrected chi connectivity index (χ2v) is 6.93. The Morgan fingerprint density at radius 1 is 0.880 bits per heavy atom. The molecule has 0 aliphatic carbocycles. The number of phenolic OH excluding ortho intramolecular Hbond substituents is 1. The van der Waals surface area contributed by atoms with Crippen molar-refractivity contribution in [1.82, 2.24) is 5.32 Å². The lowest BCUT2D eigenvalue weighted by Crippen LogP contribution is -2.31. The van der Waals surface area contributed by atoms with Crippen LogP contribution in [0.1, 0.15) is 23.2 Å². The molecule has 0 aliphatic rings. The maximum Gasteiger partial charge on any atom is 0.261 e. The minimum atomic E-state index is -0.725. The molecule has 130 valence electrons. The number of phenols is 1. The number of halogens is 2. The highest BCUT2D eigenvalue weighted by atomic mass is 79.9. The molecule has 0 bridgehead atoms.